The van der Waals surface area contributed by atoms with Crippen molar-refractivity contribution in [2.75, 3.05) is 0 Å². The fourth-order valence-electron chi connectivity index (χ4n) is 1.77. The molecule has 0 spiro atoms. The Morgan fingerprint density at radius 1 is 1.32 bits per heavy atom. The van der Waals surface area contributed by atoms with Gasteiger partial charge in [0.05, 0.1) is 12.2 Å². The first-order valence-corrected chi connectivity index (χ1v) is 6.60. The molecule has 0 amide bonds. The normalized spacial score (nSPS) is 12.2. The van der Waals surface area contributed by atoms with E-state index < -0.39 is 5.92 Å². The predicted molar refractivity (Wildman–Crippen MR) is 75.2 cm³/mol. The Balaban J connectivity index is 2.22. The molecule has 0 saturated carbocycles. The standard InChI is InChI=1S/C14H13BrN2O2/c1-9(14(19)12-7-17(2)8-16-12)13(18)10-4-3-5-11(15)6-10/h3-9H,1-2H3. The molecule has 5 heteroatoms. The van der Waals surface area contributed by atoms with Crippen LogP contribution in [-0.4, -0.2) is 21.1 Å². The maximum absolute atomic E-state index is 12.2. The van der Waals surface area contributed by atoms with Crippen LogP contribution in [0.25, 0.3) is 0 Å². The number of hydrogen-bond acceptors (Lipinski definition) is 3. The molecule has 0 radical (unpaired) electrons. The van der Waals surface area contributed by atoms with Gasteiger partial charge >= 0.3 is 0 Å². The van der Waals surface area contributed by atoms with Crippen molar-refractivity contribution in [3.63, 3.8) is 0 Å². The van der Waals surface area contributed by atoms with Crippen LogP contribution in [0.2, 0.25) is 0 Å². The van der Waals surface area contributed by atoms with Crippen LogP contribution in [-0.2, 0) is 7.05 Å². The van der Waals surface area contributed by atoms with Gasteiger partial charge in [0, 0.05) is 23.3 Å². The first kappa shape index (κ1) is 13.7. The van der Waals surface area contributed by atoms with E-state index in [1.54, 1.807) is 49.3 Å². The number of nitrogens with zero attached hydrogens (tertiary/aromatic N) is 2. The Kier molecular flexibility index (Phi) is 3.95. The number of carbonyl (C=O) groups excluding carboxylic acids is 2. The van der Waals surface area contributed by atoms with E-state index in [2.05, 4.69) is 20.9 Å². The highest BCUT2D eigenvalue weighted by molar-refractivity contribution is 9.10. The average molecular weight is 321 g/mol. The van der Waals surface area contributed by atoms with E-state index in [0.717, 1.165) is 4.47 Å². The van der Waals surface area contributed by atoms with Crippen LogP contribution in [0.3, 0.4) is 0 Å². The molecule has 0 bridgehead atoms. The molecule has 2 rings (SSSR count). The summed E-state index contributed by atoms with van der Waals surface area (Å²) in [6.07, 6.45) is 3.16. The van der Waals surface area contributed by atoms with E-state index in [1.807, 2.05) is 6.07 Å². The minimum atomic E-state index is -0.732. The number of ketones is 2. The van der Waals surface area contributed by atoms with Crippen LogP contribution in [0.1, 0.15) is 27.8 Å². The van der Waals surface area contributed by atoms with E-state index in [9.17, 15) is 9.59 Å². The van der Waals surface area contributed by atoms with Gasteiger partial charge in [0.25, 0.3) is 0 Å². The van der Waals surface area contributed by atoms with E-state index in [0.29, 0.717) is 11.3 Å². The molecule has 0 saturated heterocycles. The molecular weight excluding hydrogens is 308 g/mol. The zero-order valence-corrected chi connectivity index (χ0v) is 12.2. The van der Waals surface area contributed by atoms with Gasteiger partial charge < -0.3 is 4.57 Å². The lowest BCUT2D eigenvalue weighted by Gasteiger charge is -2.08. The van der Waals surface area contributed by atoms with Crippen molar-refractivity contribution in [3.05, 3.63) is 52.5 Å². The molecular formula is C14H13BrN2O2. The van der Waals surface area contributed by atoms with Gasteiger partial charge in [0.15, 0.2) is 11.6 Å². The summed E-state index contributed by atoms with van der Waals surface area (Å²) in [6, 6.07) is 7.02. The lowest BCUT2D eigenvalue weighted by Crippen LogP contribution is -2.21. The highest BCUT2D eigenvalue weighted by Crippen LogP contribution is 2.17. The monoisotopic (exact) mass is 320 g/mol. The zero-order valence-electron chi connectivity index (χ0n) is 10.6. The number of aromatic nitrogens is 2. The Bertz CT molecular complexity index is 634. The van der Waals surface area contributed by atoms with Gasteiger partial charge in [-0.3, -0.25) is 9.59 Å². The third-order valence-corrected chi connectivity index (χ3v) is 3.35. The molecule has 0 aliphatic carbocycles. The van der Waals surface area contributed by atoms with Gasteiger partial charge in [-0.1, -0.05) is 28.1 Å². The number of aryl methyl sites for hydroxylation is 1. The summed E-state index contributed by atoms with van der Waals surface area (Å²) in [6.45, 7) is 1.61. The van der Waals surface area contributed by atoms with Gasteiger partial charge in [-0.2, -0.15) is 0 Å². The van der Waals surface area contributed by atoms with Crippen molar-refractivity contribution in [3.8, 4) is 0 Å². The van der Waals surface area contributed by atoms with Crippen LogP contribution in [0.5, 0.6) is 0 Å². The molecule has 0 aliphatic heterocycles. The maximum atomic E-state index is 12.2. The third kappa shape index (κ3) is 2.98. The molecule has 98 valence electrons. The summed E-state index contributed by atoms with van der Waals surface area (Å²) in [5.41, 5.74) is 0.838. The van der Waals surface area contributed by atoms with Crippen LogP contribution in [0, 0.1) is 5.92 Å². The number of carbonyl (C=O) groups is 2. The SMILES string of the molecule is CC(C(=O)c1cccc(Br)c1)C(=O)c1cn(C)cn1. The van der Waals surface area contributed by atoms with Gasteiger partial charge in [0.2, 0.25) is 0 Å². The largest absolute Gasteiger partial charge is 0.340 e. The Labute approximate surface area is 119 Å². The molecule has 1 aromatic heterocycles. The Hall–Kier alpha value is -1.75. The number of Topliss-reactive ketones (excluding diaryl/α,β-unsaturated/α-hetero) is 2. The zero-order chi connectivity index (χ0) is 14.0. The van der Waals surface area contributed by atoms with Crippen molar-refractivity contribution < 1.29 is 9.59 Å². The first-order chi connectivity index (χ1) is 8.99. The third-order valence-electron chi connectivity index (χ3n) is 2.85. The molecule has 1 heterocycles. The van der Waals surface area contributed by atoms with E-state index in [-0.39, 0.29) is 11.6 Å². The Morgan fingerprint density at radius 2 is 2.05 bits per heavy atom. The van der Waals surface area contributed by atoms with E-state index in [4.69, 9.17) is 0 Å². The molecule has 1 aromatic carbocycles. The molecule has 1 unspecified atom stereocenters. The minimum Gasteiger partial charge on any atom is -0.340 e. The summed E-state index contributed by atoms with van der Waals surface area (Å²) in [5.74, 6) is -1.19. The fraction of sp³-hybridized carbons (Fsp3) is 0.214. The van der Waals surface area contributed by atoms with Crippen molar-refractivity contribution in [1.82, 2.24) is 9.55 Å². The van der Waals surface area contributed by atoms with Crippen molar-refractivity contribution >= 4 is 27.5 Å². The highest BCUT2D eigenvalue weighted by Gasteiger charge is 2.25. The van der Waals surface area contributed by atoms with Crippen LogP contribution in [0.4, 0.5) is 0 Å². The van der Waals surface area contributed by atoms with Crippen molar-refractivity contribution in [2.24, 2.45) is 13.0 Å². The van der Waals surface area contributed by atoms with Crippen LogP contribution in [0.15, 0.2) is 41.3 Å². The fourth-order valence-corrected chi connectivity index (χ4v) is 2.17. The summed E-state index contributed by atoms with van der Waals surface area (Å²) < 4.78 is 2.50. The van der Waals surface area contributed by atoms with E-state index in [1.165, 1.54) is 0 Å². The summed E-state index contributed by atoms with van der Waals surface area (Å²) in [7, 11) is 1.78. The van der Waals surface area contributed by atoms with Gasteiger partial charge in [-0.15, -0.1) is 0 Å². The molecule has 19 heavy (non-hydrogen) atoms. The smallest absolute Gasteiger partial charge is 0.193 e. The Morgan fingerprint density at radius 3 is 2.63 bits per heavy atom. The van der Waals surface area contributed by atoms with Crippen LogP contribution < -0.4 is 0 Å². The second kappa shape index (κ2) is 5.48. The minimum absolute atomic E-state index is 0.197. The van der Waals surface area contributed by atoms with E-state index >= 15 is 0 Å². The number of halogens is 1. The molecule has 1 atom stereocenters. The van der Waals surface area contributed by atoms with Gasteiger partial charge in [-0.25, -0.2) is 4.98 Å². The average Bonchev–Trinajstić information content (AvgIpc) is 2.83. The number of benzene rings is 1. The lowest BCUT2D eigenvalue weighted by molar-refractivity contribution is 0.0818. The number of rotatable bonds is 4. The molecule has 0 aliphatic rings. The number of imidazole rings is 1. The maximum Gasteiger partial charge on any atom is 0.193 e. The van der Waals surface area contributed by atoms with Crippen molar-refractivity contribution in [1.29, 1.82) is 0 Å². The lowest BCUT2D eigenvalue weighted by atomic mass is 9.94. The highest BCUT2D eigenvalue weighted by atomic mass is 79.9. The second-order valence-electron chi connectivity index (χ2n) is 4.38. The summed E-state index contributed by atoms with van der Waals surface area (Å²) in [5, 5.41) is 0. The quantitative estimate of drug-likeness (QED) is 0.643. The van der Waals surface area contributed by atoms with Crippen molar-refractivity contribution in [2.45, 2.75) is 6.92 Å². The molecule has 0 fully saturated rings. The topological polar surface area (TPSA) is 52.0 Å². The van der Waals surface area contributed by atoms with Crippen LogP contribution >= 0.6 is 15.9 Å². The first-order valence-electron chi connectivity index (χ1n) is 5.81. The second-order valence-corrected chi connectivity index (χ2v) is 5.30. The van der Waals surface area contributed by atoms with Gasteiger partial charge in [-0.05, 0) is 19.1 Å². The molecule has 2 aromatic rings. The number of hydrogen-bond donors (Lipinski definition) is 0. The predicted octanol–water partition coefficient (Wildman–Crippen LogP) is 2.88. The summed E-state index contributed by atoms with van der Waals surface area (Å²) in [4.78, 5) is 28.4. The summed E-state index contributed by atoms with van der Waals surface area (Å²) >= 11 is 3.31. The van der Waals surface area contributed by atoms with Gasteiger partial charge in [0.1, 0.15) is 5.69 Å². The molecule has 4 nitrogen and oxygen atoms in total. The molecule has 0 N–H and O–H groups in total.